The quantitative estimate of drug-likeness (QED) is 0.857. The molecule has 1 amide bonds. The summed E-state index contributed by atoms with van der Waals surface area (Å²) in [6.07, 6.45) is 3.22. The number of hydrogen-bond donors (Lipinski definition) is 2. The van der Waals surface area contributed by atoms with Crippen LogP contribution in [0.25, 0.3) is 11.1 Å². The SMILES string of the molecule is COc1ccc(-c2ccc(CNC(=O)C3CCCCN3)cc2)cc1.Cl. The summed E-state index contributed by atoms with van der Waals surface area (Å²) < 4.78 is 5.18. The van der Waals surface area contributed by atoms with Crippen molar-refractivity contribution in [3.8, 4) is 16.9 Å². The average molecular weight is 361 g/mol. The topological polar surface area (TPSA) is 50.4 Å². The van der Waals surface area contributed by atoms with Gasteiger partial charge in [-0.05, 0) is 48.2 Å². The van der Waals surface area contributed by atoms with Crippen molar-refractivity contribution in [1.29, 1.82) is 0 Å². The first kappa shape index (κ1) is 19.3. The van der Waals surface area contributed by atoms with Crippen LogP contribution in [-0.2, 0) is 11.3 Å². The molecule has 1 atom stereocenters. The second kappa shape index (κ2) is 9.44. The van der Waals surface area contributed by atoms with Crippen LogP contribution in [0.1, 0.15) is 24.8 Å². The minimum absolute atomic E-state index is 0. The number of methoxy groups -OCH3 is 1. The zero-order valence-corrected chi connectivity index (χ0v) is 15.3. The third-order valence-corrected chi connectivity index (χ3v) is 4.47. The summed E-state index contributed by atoms with van der Waals surface area (Å²) in [6, 6.07) is 16.3. The van der Waals surface area contributed by atoms with E-state index in [0.29, 0.717) is 6.54 Å². The summed E-state index contributed by atoms with van der Waals surface area (Å²) in [5.41, 5.74) is 3.41. The number of benzene rings is 2. The maximum atomic E-state index is 12.1. The van der Waals surface area contributed by atoms with E-state index < -0.39 is 0 Å². The van der Waals surface area contributed by atoms with E-state index in [1.807, 2.05) is 24.3 Å². The van der Waals surface area contributed by atoms with Gasteiger partial charge >= 0.3 is 0 Å². The molecule has 0 bridgehead atoms. The lowest BCUT2D eigenvalue weighted by Gasteiger charge is -2.22. The molecule has 1 aliphatic rings. The number of nitrogens with one attached hydrogen (secondary N) is 2. The molecule has 0 saturated carbocycles. The highest BCUT2D eigenvalue weighted by molar-refractivity contribution is 5.85. The molecule has 0 spiro atoms. The Morgan fingerprint density at radius 1 is 1.08 bits per heavy atom. The Balaban J connectivity index is 0.00000225. The van der Waals surface area contributed by atoms with Crippen LogP contribution in [0, 0.1) is 0 Å². The molecule has 2 N–H and O–H groups in total. The number of ether oxygens (including phenoxy) is 1. The zero-order chi connectivity index (χ0) is 16.8. The summed E-state index contributed by atoms with van der Waals surface area (Å²) in [5.74, 6) is 0.961. The molecule has 0 aromatic heterocycles. The third-order valence-electron chi connectivity index (χ3n) is 4.47. The molecular formula is C20H25ClN2O2. The van der Waals surface area contributed by atoms with Crippen LogP contribution in [0.2, 0.25) is 0 Å². The molecule has 4 nitrogen and oxygen atoms in total. The number of hydrogen-bond acceptors (Lipinski definition) is 3. The van der Waals surface area contributed by atoms with Crippen molar-refractivity contribution < 1.29 is 9.53 Å². The molecule has 0 radical (unpaired) electrons. The molecule has 25 heavy (non-hydrogen) atoms. The van der Waals surface area contributed by atoms with E-state index in [4.69, 9.17) is 4.74 Å². The van der Waals surface area contributed by atoms with Crippen molar-refractivity contribution in [3.05, 3.63) is 54.1 Å². The molecule has 134 valence electrons. The van der Waals surface area contributed by atoms with Gasteiger partial charge in [0, 0.05) is 6.54 Å². The van der Waals surface area contributed by atoms with Gasteiger partial charge in [-0.3, -0.25) is 4.79 Å². The molecule has 1 aliphatic heterocycles. The van der Waals surface area contributed by atoms with Crippen LogP contribution in [0.3, 0.4) is 0 Å². The number of amides is 1. The Kier molecular flexibility index (Phi) is 7.29. The van der Waals surface area contributed by atoms with E-state index in [-0.39, 0.29) is 24.4 Å². The molecule has 3 rings (SSSR count). The van der Waals surface area contributed by atoms with Crippen LogP contribution >= 0.6 is 12.4 Å². The van der Waals surface area contributed by atoms with Gasteiger partial charge in [0.2, 0.25) is 5.91 Å². The second-order valence-corrected chi connectivity index (χ2v) is 6.15. The van der Waals surface area contributed by atoms with Gasteiger partial charge < -0.3 is 15.4 Å². The first-order valence-corrected chi connectivity index (χ1v) is 8.51. The minimum atomic E-state index is -0.0303. The number of carbonyl (C=O) groups excluding carboxylic acids is 1. The van der Waals surface area contributed by atoms with Gasteiger partial charge in [-0.25, -0.2) is 0 Å². The second-order valence-electron chi connectivity index (χ2n) is 6.15. The molecule has 1 heterocycles. The van der Waals surface area contributed by atoms with Crippen LogP contribution in [0.5, 0.6) is 5.75 Å². The van der Waals surface area contributed by atoms with Crippen molar-refractivity contribution in [1.82, 2.24) is 10.6 Å². The number of carbonyl (C=O) groups is 1. The molecule has 2 aromatic rings. The summed E-state index contributed by atoms with van der Waals surface area (Å²) in [4.78, 5) is 12.1. The lowest BCUT2D eigenvalue weighted by Crippen LogP contribution is -2.46. The van der Waals surface area contributed by atoms with Gasteiger partial charge in [0.15, 0.2) is 0 Å². The van der Waals surface area contributed by atoms with Gasteiger partial charge in [0.1, 0.15) is 5.75 Å². The summed E-state index contributed by atoms with van der Waals surface area (Å²) >= 11 is 0. The molecule has 1 fully saturated rings. The Labute approximate surface area is 155 Å². The van der Waals surface area contributed by atoms with Crippen LogP contribution < -0.4 is 15.4 Å². The van der Waals surface area contributed by atoms with Gasteiger partial charge in [-0.1, -0.05) is 42.8 Å². The van der Waals surface area contributed by atoms with Crippen molar-refractivity contribution in [3.63, 3.8) is 0 Å². The largest absolute Gasteiger partial charge is 0.497 e. The Morgan fingerprint density at radius 3 is 2.28 bits per heavy atom. The highest BCUT2D eigenvalue weighted by Gasteiger charge is 2.19. The van der Waals surface area contributed by atoms with Crippen molar-refractivity contribution in [2.45, 2.75) is 31.8 Å². The fraction of sp³-hybridized carbons (Fsp3) is 0.350. The normalized spacial score (nSPS) is 16.6. The predicted octanol–water partition coefficient (Wildman–Crippen LogP) is 3.54. The molecular weight excluding hydrogens is 336 g/mol. The van der Waals surface area contributed by atoms with Crippen molar-refractivity contribution >= 4 is 18.3 Å². The van der Waals surface area contributed by atoms with E-state index in [1.165, 1.54) is 0 Å². The Morgan fingerprint density at radius 2 is 1.72 bits per heavy atom. The van der Waals surface area contributed by atoms with Gasteiger partial charge in [-0.2, -0.15) is 0 Å². The fourth-order valence-electron chi connectivity index (χ4n) is 2.99. The van der Waals surface area contributed by atoms with Crippen LogP contribution in [0.15, 0.2) is 48.5 Å². The molecule has 5 heteroatoms. The molecule has 1 saturated heterocycles. The third kappa shape index (κ3) is 5.21. The first-order chi connectivity index (χ1) is 11.8. The minimum Gasteiger partial charge on any atom is -0.497 e. The van der Waals surface area contributed by atoms with Crippen molar-refractivity contribution in [2.24, 2.45) is 0 Å². The molecule has 0 aliphatic carbocycles. The van der Waals surface area contributed by atoms with Gasteiger partial charge in [-0.15, -0.1) is 12.4 Å². The molecule has 1 unspecified atom stereocenters. The summed E-state index contributed by atoms with van der Waals surface area (Å²) in [6.45, 7) is 1.51. The summed E-state index contributed by atoms with van der Waals surface area (Å²) in [5, 5.41) is 6.30. The monoisotopic (exact) mass is 360 g/mol. The van der Waals surface area contributed by atoms with E-state index in [0.717, 1.165) is 48.2 Å². The number of rotatable bonds is 5. The Hall–Kier alpha value is -2.04. The maximum Gasteiger partial charge on any atom is 0.237 e. The highest BCUT2D eigenvalue weighted by atomic mass is 35.5. The molecule has 2 aromatic carbocycles. The average Bonchev–Trinajstić information content (AvgIpc) is 2.67. The lowest BCUT2D eigenvalue weighted by molar-refractivity contribution is -0.123. The van der Waals surface area contributed by atoms with E-state index in [9.17, 15) is 4.79 Å². The number of halogens is 1. The predicted molar refractivity (Wildman–Crippen MR) is 103 cm³/mol. The van der Waals surface area contributed by atoms with E-state index in [1.54, 1.807) is 7.11 Å². The van der Waals surface area contributed by atoms with E-state index >= 15 is 0 Å². The van der Waals surface area contributed by atoms with E-state index in [2.05, 4.69) is 34.9 Å². The fourth-order valence-corrected chi connectivity index (χ4v) is 2.99. The zero-order valence-electron chi connectivity index (χ0n) is 14.5. The van der Waals surface area contributed by atoms with Crippen LogP contribution in [0.4, 0.5) is 0 Å². The first-order valence-electron chi connectivity index (χ1n) is 8.51. The number of piperidine rings is 1. The smallest absolute Gasteiger partial charge is 0.237 e. The van der Waals surface area contributed by atoms with Gasteiger partial charge in [0.05, 0.1) is 13.2 Å². The lowest BCUT2D eigenvalue weighted by atomic mass is 10.0. The summed E-state index contributed by atoms with van der Waals surface area (Å²) in [7, 11) is 1.67. The standard InChI is InChI=1S/C20H24N2O2.ClH/c1-24-18-11-9-17(10-12-18)16-7-5-15(6-8-16)14-22-20(23)19-4-2-3-13-21-19;/h5-12,19,21H,2-4,13-14H2,1H3,(H,22,23);1H. The maximum absolute atomic E-state index is 12.1. The van der Waals surface area contributed by atoms with Crippen LogP contribution in [-0.4, -0.2) is 25.6 Å². The Bertz CT molecular complexity index is 665. The highest BCUT2D eigenvalue weighted by Crippen LogP contribution is 2.22. The van der Waals surface area contributed by atoms with Gasteiger partial charge in [0.25, 0.3) is 0 Å². The van der Waals surface area contributed by atoms with Crippen molar-refractivity contribution in [2.75, 3.05) is 13.7 Å².